The van der Waals surface area contributed by atoms with Gasteiger partial charge in [-0.3, -0.25) is 9.78 Å². The van der Waals surface area contributed by atoms with E-state index in [1.54, 1.807) is 6.20 Å². The van der Waals surface area contributed by atoms with Crippen molar-refractivity contribution in [1.29, 1.82) is 0 Å². The summed E-state index contributed by atoms with van der Waals surface area (Å²) in [5.74, 6) is -0.748. The molecule has 1 heterocycles. The molecule has 3 heteroatoms. The topological polar surface area (TPSA) is 50.2 Å². The van der Waals surface area contributed by atoms with Gasteiger partial charge in [-0.1, -0.05) is 6.07 Å². The fraction of sp³-hybridized carbons (Fsp3) is 0.400. The molecule has 0 spiro atoms. The Bertz CT molecular complexity index is 349. The van der Waals surface area contributed by atoms with E-state index in [4.69, 9.17) is 5.11 Å². The maximum absolute atomic E-state index is 10.6. The number of carbonyl (C=O) groups is 1. The molecule has 0 aliphatic heterocycles. The summed E-state index contributed by atoms with van der Waals surface area (Å²) in [5, 5.41) is 8.75. The van der Waals surface area contributed by atoms with E-state index in [0.29, 0.717) is 0 Å². The molecule has 1 fully saturated rings. The highest BCUT2D eigenvalue weighted by Gasteiger charge is 2.45. The predicted molar refractivity (Wildman–Crippen MR) is 47.5 cm³/mol. The van der Waals surface area contributed by atoms with Gasteiger partial charge in [0.1, 0.15) is 0 Å². The molecular formula is C10H11NO2. The fourth-order valence-corrected chi connectivity index (χ4v) is 1.66. The van der Waals surface area contributed by atoms with Crippen LogP contribution in [0.25, 0.3) is 0 Å². The number of hydrogen-bond acceptors (Lipinski definition) is 2. The third-order valence-electron chi connectivity index (χ3n) is 2.51. The van der Waals surface area contributed by atoms with E-state index in [0.717, 1.165) is 17.7 Å². The summed E-state index contributed by atoms with van der Waals surface area (Å²) in [6.07, 6.45) is 2.47. The second kappa shape index (κ2) is 2.83. The van der Waals surface area contributed by atoms with Gasteiger partial charge < -0.3 is 5.11 Å². The predicted octanol–water partition coefficient (Wildman–Crippen LogP) is 1.58. The lowest BCUT2D eigenvalue weighted by Crippen LogP contribution is -2.00. The van der Waals surface area contributed by atoms with Gasteiger partial charge in [-0.25, -0.2) is 0 Å². The van der Waals surface area contributed by atoms with Crippen LogP contribution in [0, 0.1) is 12.8 Å². The molecule has 1 saturated carbocycles. The number of carboxylic acid groups (broad SMARTS) is 1. The van der Waals surface area contributed by atoms with Crippen molar-refractivity contribution in [3.05, 3.63) is 29.6 Å². The normalized spacial score (nSPS) is 25.6. The van der Waals surface area contributed by atoms with Crippen LogP contribution in [-0.4, -0.2) is 16.1 Å². The monoisotopic (exact) mass is 177 g/mol. The van der Waals surface area contributed by atoms with Crippen molar-refractivity contribution < 1.29 is 9.90 Å². The van der Waals surface area contributed by atoms with Crippen LogP contribution in [0.5, 0.6) is 0 Å². The van der Waals surface area contributed by atoms with Gasteiger partial charge in [-0.2, -0.15) is 0 Å². The molecule has 2 atom stereocenters. The highest BCUT2D eigenvalue weighted by molar-refractivity contribution is 5.75. The quantitative estimate of drug-likeness (QED) is 0.746. The van der Waals surface area contributed by atoms with Gasteiger partial charge in [0.25, 0.3) is 0 Å². The average molecular weight is 177 g/mol. The number of nitrogens with zero attached hydrogens (tertiary/aromatic N) is 1. The number of aryl methyl sites for hydroxylation is 1. The zero-order valence-electron chi connectivity index (χ0n) is 7.40. The standard InChI is InChI=1S/C10H11NO2/c1-6-3-2-4-11-9(6)7-5-8(7)10(12)13/h2-4,7-8H,5H2,1H3,(H,12,13). The molecule has 0 bridgehead atoms. The lowest BCUT2D eigenvalue weighted by molar-refractivity contribution is -0.138. The van der Waals surface area contributed by atoms with Crippen LogP contribution in [0.4, 0.5) is 0 Å². The number of hydrogen-bond donors (Lipinski definition) is 1. The van der Waals surface area contributed by atoms with Gasteiger partial charge in [0.2, 0.25) is 0 Å². The van der Waals surface area contributed by atoms with Crippen molar-refractivity contribution in [2.75, 3.05) is 0 Å². The summed E-state index contributed by atoms with van der Waals surface area (Å²) < 4.78 is 0. The summed E-state index contributed by atoms with van der Waals surface area (Å²) in [4.78, 5) is 14.8. The van der Waals surface area contributed by atoms with E-state index >= 15 is 0 Å². The molecule has 0 radical (unpaired) electrons. The summed E-state index contributed by atoms with van der Waals surface area (Å²) in [7, 11) is 0. The van der Waals surface area contributed by atoms with Crippen LogP contribution < -0.4 is 0 Å². The van der Waals surface area contributed by atoms with Crippen LogP contribution in [0.1, 0.15) is 23.6 Å². The Morgan fingerprint density at radius 3 is 3.00 bits per heavy atom. The number of aliphatic carboxylic acids is 1. The Morgan fingerprint density at radius 1 is 1.69 bits per heavy atom. The summed E-state index contributed by atoms with van der Waals surface area (Å²) >= 11 is 0. The Hall–Kier alpha value is -1.38. The second-order valence-electron chi connectivity index (χ2n) is 3.49. The molecule has 2 rings (SSSR count). The number of rotatable bonds is 2. The first kappa shape index (κ1) is 8.23. The van der Waals surface area contributed by atoms with Crippen LogP contribution in [0.3, 0.4) is 0 Å². The molecule has 0 saturated heterocycles. The van der Waals surface area contributed by atoms with Gasteiger partial charge in [0, 0.05) is 17.8 Å². The van der Waals surface area contributed by atoms with E-state index in [9.17, 15) is 4.79 Å². The Balaban J connectivity index is 2.21. The average Bonchev–Trinajstić information content (AvgIpc) is 2.84. The van der Waals surface area contributed by atoms with E-state index in [1.165, 1.54) is 0 Å². The van der Waals surface area contributed by atoms with Gasteiger partial charge in [-0.15, -0.1) is 0 Å². The molecule has 1 N–H and O–H groups in total. The highest BCUT2D eigenvalue weighted by atomic mass is 16.4. The van der Waals surface area contributed by atoms with Gasteiger partial charge in [0.05, 0.1) is 5.92 Å². The first-order chi connectivity index (χ1) is 6.20. The number of aromatic nitrogens is 1. The van der Waals surface area contributed by atoms with Crippen molar-refractivity contribution in [1.82, 2.24) is 4.98 Å². The first-order valence-electron chi connectivity index (χ1n) is 4.34. The van der Waals surface area contributed by atoms with E-state index in [2.05, 4.69) is 4.98 Å². The minimum absolute atomic E-state index is 0.152. The van der Waals surface area contributed by atoms with E-state index in [-0.39, 0.29) is 11.8 Å². The van der Waals surface area contributed by atoms with Crippen molar-refractivity contribution in [3.63, 3.8) is 0 Å². The second-order valence-corrected chi connectivity index (χ2v) is 3.49. The molecule has 0 amide bonds. The molecule has 1 aromatic heterocycles. The summed E-state index contributed by atoms with van der Waals surface area (Å²) in [5.41, 5.74) is 2.05. The zero-order valence-corrected chi connectivity index (χ0v) is 7.40. The molecule has 1 aliphatic carbocycles. The first-order valence-corrected chi connectivity index (χ1v) is 4.34. The largest absolute Gasteiger partial charge is 0.481 e. The van der Waals surface area contributed by atoms with Crippen LogP contribution >= 0.6 is 0 Å². The SMILES string of the molecule is Cc1cccnc1C1CC1C(=O)O. The lowest BCUT2D eigenvalue weighted by Gasteiger charge is -2.00. The molecule has 1 aromatic rings. The van der Waals surface area contributed by atoms with E-state index in [1.807, 2.05) is 19.1 Å². The van der Waals surface area contributed by atoms with Crippen LogP contribution in [-0.2, 0) is 4.79 Å². The van der Waals surface area contributed by atoms with Crippen molar-refractivity contribution in [3.8, 4) is 0 Å². The molecule has 3 nitrogen and oxygen atoms in total. The van der Waals surface area contributed by atoms with Crippen LogP contribution in [0.15, 0.2) is 18.3 Å². The minimum atomic E-state index is -0.699. The molecular weight excluding hydrogens is 166 g/mol. The van der Waals surface area contributed by atoms with Gasteiger partial charge >= 0.3 is 5.97 Å². The van der Waals surface area contributed by atoms with Crippen molar-refractivity contribution >= 4 is 5.97 Å². The highest BCUT2D eigenvalue weighted by Crippen LogP contribution is 2.47. The molecule has 0 aromatic carbocycles. The third kappa shape index (κ3) is 1.41. The smallest absolute Gasteiger partial charge is 0.307 e. The summed E-state index contributed by atoms with van der Waals surface area (Å²) in [6.45, 7) is 1.97. The zero-order chi connectivity index (χ0) is 9.42. The Kier molecular flexibility index (Phi) is 1.79. The molecule has 2 unspecified atom stereocenters. The number of pyridine rings is 1. The number of carboxylic acids is 1. The molecule has 13 heavy (non-hydrogen) atoms. The molecule has 68 valence electrons. The third-order valence-corrected chi connectivity index (χ3v) is 2.51. The van der Waals surface area contributed by atoms with E-state index < -0.39 is 5.97 Å². The summed E-state index contributed by atoms with van der Waals surface area (Å²) in [6, 6.07) is 3.84. The van der Waals surface area contributed by atoms with Gasteiger partial charge in [0.15, 0.2) is 0 Å². The lowest BCUT2D eigenvalue weighted by atomic mass is 10.1. The fourth-order valence-electron chi connectivity index (χ4n) is 1.66. The Morgan fingerprint density at radius 2 is 2.46 bits per heavy atom. The van der Waals surface area contributed by atoms with Gasteiger partial charge in [-0.05, 0) is 25.0 Å². The van der Waals surface area contributed by atoms with Crippen molar-refractivity contribution in [2.45, 2.75) is 19.3 Å². The maximum atomic E-state index is 10.6. The molecule has 1 aliphatic rings. The Labute approximate surface area is 76.4 Å². The maximum Gasteiger partial charge on any atom is 0.307 e. The minimum Gasteiger partial charge on any atom is -0.481 e. The van der Waals surface area contributed by atoms with Crippen LogP contribution in [0.2, 0.25) is 0 Å². The van der Waals surface area contributed by atoms with Crippen molar-refractivity contribution in [2.24, 2.45) is 5.92 Å².